The summed E-state index contributed by atoms with van der Waals surface area (Å²) in [4.78, 5) is 0. The van der Waals surface area contributed by atoms with E-state index in [-0.39, 0.29) is 6.54 Å². The van der Waals surface area contributed by atoms with E-state index in [1.165, 1.54) is 15.6 Å². The molecule has 0 atom stereocenters. The molecule has 0 radical (unpaired) electrons. The van der Waals surface area contributed by atoms with Crippen molar-refractivity contribution in [3.63, 3.8) is 0 Å². The van der Waals surface area contributed by atoms with Gasteiger partial charge in [0, 0.05) is 13.6 Å². The number of rotatable bonds is 4. The molecule has 4 nitrogen and oxygen atoms in total. The van der Waals surface area contributed by atoms with Crippen LogP contribution in [-0.2, 0) is 10.0 Å². The lowest BCUT2D eigenvalue weighted by molar-refractivity contribution is -0.00719. The predicted octanol–water partition coefficient (Wildman–Crippen LogP) is 2.06. The maximum absolute atomic E-state index is 12.2. The van der Waals surface area contributed by atoms with Gasteiger partial charge in [0.25, 0.3) is 10.0 Å². The van der Waals surface area contributed by atoms with Gasteiger partial charge in [0.1, 0.15) is 4.21 Å². The first-order valence-electron chi connectivity index (χ1n) is 6.16. The maximum Gasteiger partial charge on any atom is 0.252 e. The van der Waals surface area contributed by atoms with Gasteiger partial charge in [0.2, 0.25) is 0 Å². The highest BCUT2D eigenvalue weighted by molar-refractivity contribution is 7.91. The molecule has 1 heterocycles. The summed E-state index contributed by atoms with van der Waals surface area (Å²) in [6.45, 7) is 0.188. The first kappa shape index (κ1) is 14.0. The van der Waals surface area contributed by atoms with E-state index in [4.69, 9.17) is 0 Å². The van der Waals surface area contributed by atoms with Crippen molar-refractivity contribution in [2.75, 3.05) is 13.6 Å². The van der Waals surface area contributed by atoms with Gasteiger partial charge in [-0.1, -0.05) is 25.3 Å². The Bertz CT molecular complexity index is 475. The first-order chi connectivity index (χ1) is 8.44. The molecule has 6 heteroatoms. The van der Waals surface area contributed by atoms with Crippen molar-refractivity contribution in [3.05, 3.63) is 17.5 Å². The van der Waals surface area contributed by atoms with Crippen LogP contribution in [0.1, 0.15) is 32.1 Å². The average molecular weight is 289 g/mol. The van der Waals surface area contributed by atoms with Crippen LogP contribution in [0.15, 0.2) is 21.7 Å². The Labute approximate surface area is 112 Å². The van der Waals surface area contributed by atoms with Crippen LogP contribution in [-0.4, -0.2) is 37.0 Å². The van der Waals surface area contributed by atoms with Crippen LogP contribution in [0, 0.1) is 0 Å². The van der Waals surface area contributed by atoms with Crippen LogP contribution in [0.4, 0.5) is 0 Å². The summed E-state index contributed by atoms with van der Waals surface area (Å²) in [5, 5.41) is 12.1. The fraction of sp³-hybridized carbons (Fsp3) is 0.667. The number of nitrogens with zero attached hydrogens (tertiary/aromatic N) is 1. The van der Waals surface area contributed by atoms with Crippen molar-refractivity contribution in [2.24, 2.45) is 0 Å². The summed E-state index contributed by atoms with van der Waals surface area (Å²) < 4.78 is 26.1. The third-order valence-electron chi connectivity index (χ3n) is 3.46. The van der Waals surface area contributed by atoms with Gasteiger partial charge >= 0.3 is 0 Å². The fourth-order valence-corrected chi connectivity index (χ4v) is 4.88. The van der Waals surface area contributed by atoms with E-state index in [9.17, 15) is 13.5 Å². The first-order valence-corrected chi connectivity index (χ1v) is 8.48. The van der Waals surface area contributed by atoms with Gasteiger partial charge in [-0.25, -0.2) is 8.42 Å². The van der Waals surface area contributed by atoms with E-state index in [1.54, 1.807) is 24.6 Å². The lowest BCUT2D eigenvalue weighted by Gasteiger charge is -2.34. The molecular weight excluding hydrogens is 270 g/mol. The molecule has 2 rings (SSSR count). The molecule has 0 aromatic carbocycles. The van der Waals surface area contributed by atoms with Crippen LogP contribution >= 0.6 is 11.3 Å². The number of thiophene rings is 1. The third-order valence-corrected chi connectivity index (χ3v) is 6.64. The molecule has 1 aromatic heterocycles. The lowest BCUT2D eigenvalue weighted by Crippen LogP contribution is -2.44. The second-order valence-electron chi connectivity index (χ2n) is 4.98. The topological polar surface area (TPSA) is 57.6 Å². The minimum absolute atomic E-state index is 0.188. The molecule has 1 aliphatic carbocycles. The van der Waals surface area contributed by atoms with E-state index in [1.807, 2.05) is 0 Å². The minimum Gasteiger partial charge on any atom is -0.389 e. The number of sulfonamides is 1. The van der Waals surface area contributed by atoms with Crippen molar-refractivity contribution >= 4 is 21.4 Å². The highest BCUT2D eigenvalue weighted by Gasteiger charge is 2.34. The average Bonchev–Trinajstić information content (AvgIpc) is 2.83. The van der Waals surface area contributed by atoms with Crippen LogP contribution in [0.5, 0.6) is 0 Å². The number of hydrogen-bond donors (Lipinski definition) is 1. The maximum atomic E-state index is 12.2. The molecule has 102 valence electrons. The Morgan fingerprint density at radius 2 is 2.06 bits per heavy atom. The van der Waals surface area contributed by atoms with Crippen LogP contribution in [0.3, 0.4) is 0 Å². The smallest absolute Gasteiger partial charge is 0.252 e. The molecule has 1 saturated carbocycles. The Morgan fingerprint density at radius 3 is 2.61 bits per heavy atom. The van der Waals surface area contributed by atoms with Crippen LogP contribution in [0.25, 0.3) is 0 Å². The summed E-state index contributed by atoms with van der Waals surface area (Å²) in [5.74, 6) is 0. The minimum atomic E-state index is -3.44. The van der Waals surface area contributed by atoms with E-state index in [2.05, 4.69) is 0 Å². The van der Waals surface area contributed by atoms with Gasteiger partial charge in [-0.2, -0.15) is 4.31 Å². The van der Waals surface area contributed by atoms with E-state index in [0.717, 1.165) is 19.3 Å². The molecule has 0 amide bonds. The molecule has 1 fully saturated rings. The summed E-state index contributed by atoms with van der Waals surface area (Å²) in [5.41, 5.74) is -0.850. The molecule has 0 saturated heterocycles. The van der Waals surface area contributed by atoms with Crippen molar-refractivity contribution < 1.29 is 13.5 Å². The monoisotopic (exact) mass is 289 g/mol. The van der Waals surface area contributed by atoms with Crippen LogP contribution < -0.4 is 0 Å². The standard InChI is InChI=1S/C12H19NO3S2/c1-13(10-12(14)7-3-2-4-8-12)18(15,16)11-6-5-9-17-11/h5-6,9,14H,2-4,7-8,10H2,1H3. The molecule has 0 unspecified atom stereocenters. The molecule has 1 aliphatic rings. The number of likely N-dealkylation sites (N-methyl/N-ethyl adjacent to an activating group) is 1. The highest BCUT2D eigenvalue weighted by atomic mass is 32.2. The summed E-state index contributed by atoms with van der Waals surface area (Å²) in [7, 11) is -1.90. The number of hydrogen-bond acceptors (Lipinski definition) is 4. The molecule has 0 bridgehead atoms. The zero-order valence-electron chi connectivity index (χ0n) is 10.5. The van der Waals surface area contributed by atoms with Crippen molar-refractivity contribution in [1.82, 2.24) is 4.31 Å². The number of aliphatic hydroxyl groups is 1. The Hall–Kier alpha value is -0.430. The largest absolute Gasteiger partial charge is 0.389 e. The van der Waals surface area contributed by atoms with E-state index in [0.29, 0.717) is 17.1 Å². The molecule has 18 heavy (non-hydrogen) atoms. The van der Waals surface area contributed by atoms with Crippen LogP contribution in [0.2, 0.25) is 0 Å². The summed E-state index contributed by atoms with van der Waals surface area (Å²) >= 11 is 1.21. The zero-order valence-corrected chi connectivity index (χ0v) is 12.1. The summed E-state index contributed by atoms with van der Waals surface area (Å²) in [6, 6.07) is 3.32. The van der Waals surface area contributed by atoms with Gasteiger partial charge in [-0.15, -0.1) is 11.3 Å². The Morgan fingerprint density at radius 1 is 1.39 bits per heavy atom. The molecule has 1 aromatic rings. The fourth-order valence-electron chi connectivity index (χ4n) is 2.43. The van der Waals surface area contributed by atoms with Crippen molar-refractivity contribution in [1.29, 1.82) is 0 Å². The van der Waals surface area contributed by atoms with E-state index < -0.39 is 15.6 Å². The normalized spacial score (nSPS) is 20.2. The molecule has 0 spiro atoms. The Balaban J connectivity index is 2.10. The van der Waals surface area contributed by atoms with Gasteiger partial charge in [-0.05, 0) is 24.3 Å². The molecule has 1 N–H and O–H groups in total. The van der Waals surface area contributed by atoms with Gasteiger partial charge < -0.3 is 5.11 Å². The second kappa shape index (κ2) is 5.28. The van der Waals surface area contributed by atoms with Gasteiger partial charge in [0.05, 0.1) is 5.60 Å². The SMILES string of the molecule is CN(CC1(O)CCCCC1)S(=O)(=O)c1cccs1. The molecule has 0 aliphatic heterocycles. The lowest BCUT2D eigenvalue weighted by atomic mass is 9.85. The zero-order chi connectivity index (χ0) is 13.2. The van der Waals surface area contributed by atoms with Gasteiger partial charge in [0.15, 0.2) is 0 Å². The van der Waals surface area contributed by atoms with Crippen molar-refractivity contribution in [2.45, 2.75) is 41.9 Å². The predicted molar refractivity (Wildman–Crippen MR) is 72.2 cm³/mol. The Kier molecular flexibility index (Phi) is 4.11. The molecular formula is C12H19NO3S2. The third kappa shape index (κ3) is 2.93. The highest BCUT2D eigenvalue weighted by Crippen LogP contribution is 2.30. The van der Waals surface area contributed by atoms with E-state index >= 15 is 0 Å². The van der Waals surface area contributed by atoms with Crippen molar-refractivity contribution in [3.8, 4) is 0 Å². The second-order valence-corrected chi connectivity index (χ2v) is 8.20. The van der Waals surface area contributed by atoms with Gasteiger partial charge in [-0.3, -0.25) is 0 Å². The quantitative estimate of drug-likeness (QED) is 0.923. The summed E-state index contributed by atoms with van der Waals surface area (Å²) in [6.07, 6.45) is 4.46.